The van der Waals surface area contributed by atoms with Gasteiger partial charge in [-0.2, -0.15) is 5.10 Å². The predicted octanol–water partition coefficient (Wildman–Crippen LogP) is 2.60. The van der Waals surface area contributed by atoms with E-state index in [1.165, 1.54) is 22.1 Å². The number of thiazole rings is 1. The lowest BCUT2D eigenvalue weighted by molar-refractivity contribution is -0.116. The van der Waals surface area contributed by atoms with Crippen LogP contribution in [0.2, 0.25) is 0 Å². The number of carboxylic acids is 1. The Hall–Kier alpha value is -3.00. The number of hydrogen-bond acceptors (Lipinski definition) is 5. The maximum atomic E-state index is 12.0. The molecule has 1 aromatic carbocycles. The minimum Gasteiger partial charge on any atom is -0.476 e. The van der Waals surface area contributed by atoms with Gasteiger partial charge in [0.25, 0.3) is 0 Å². The average molecular weight is 342 g/mol. The van der Waals surface area contributed by atoms with Crippen LogP contribution in [0.3, 0.4) is 0 Å². The van der Waals surface area contributed by atoms with E-state index in [2.05, 4.69) is 15.4 Å². The zero-order valence-electron chi connectivity index (χ0n) is 12.5. The number of aromatic carboxylic acids is 1. The first-order valence-corrected chi connectivity index (χ1v) is 8.12. The maximum Gasteiger partial charge on any atom is 0.356 e. The number of carbonyl (C=O) groups is 2. The molecule has 0 aliphatic carbocycles. The molecular formula is C16H14N4O3S. The van der Waals surface area contributed by atoms with E-state index in [4.69, 9.17) is 5.11 Å². The second-order valence-corrected chi connectivity index (χ2v) is 5.75. The van der Waals surface area contributed by atoms with Crippen molar-refractivity contribution in [3.8, 4) is 5.69 Å². The molecule has 0 aliphatic heterocycles. The standard InChI is InChI=1S/C16H14N4O3S/c21-15(5-4-12-9-24-10-17-12)18-11-2-1-3-13(8-11)20-7-6-14(19-20)16(22)23/h1-3,6-10H,4-5H2,(H,18,21)(H,22,23). The second kappa shape index (κ2) is 7.05. The third kappa shape index (κ3) is 3.85. The summed E-state index contributed by atoms with van der Waals surface area (Å²) in [5.74, 6) is -1.19. The first-order valence-electron chi connectivity index (χ1n) is 7.18. The van der Waals surface area contributed by atoms with Crippen molar-refractivity contribution in [1.82, 2.24) is 14.8 Å². The van der Waals surface area contributed by atoms with Gasteiger partial charge in [-0.15, -0.1) is 11.3 Å². The topological polar surface area (TPSA) is 97.1 Å². The van der Waals surface area contributed by atoms with Crippen molar-refractivity contribution >= 4 is 28.9 Å². The maximum absolute atomic E-state index is 12.0. The molecule has 0 unspecified atom stereocenters. The molecule has 3 aromatic rings. The summed E-state index contributed by atoms with van der Waals surface area (Å²) in [5, 5.41) is 17.6. The first kappa shape index (κ1) is 15.9. The molecule has 0 atom stereocenters. The molecule has 8 heteroatoms. The van der Waals surface area contributed by atoms with Crippen molar-refractivity contribution in [2.24, 2.45) is 0 Å². The summed E-state index contributed by atoms with van der Waals surface area (Å²) in [6, 6.07) is 8.48. The van der Waals surface area contributed by atoms with E-state index in [-0.39, 0.29) is 11.6 Å². The molecule has 1 amide bonds. The fourth-order valence-electron chi connectivity index (χ4n) is 2.13. The number of amides is 1. The Balaban J connectivity index is 1.66. The molecule has 0 aliphatic rings. The highest BCUT2D eigenvalue weighted by molar-refractivity contribution is 7.07. The molecule has 24 heavy (non-hydrogen) atoms. The fraction of sp³-hybridized carbons (Fsp3) is 0.125. The van der Waals surface area contributed by atoms with Crippen LogP contribution in [-0.4, -0.2) is 31.7 Å². The Morgan fingerprint density at radius 2 is 2.17 bits per heavy atom. The summed E-state index contributed by atoms with van der Waals surface area (Å²) in [7, 11) is 0. The smallest absolute Gasteiger partial charge is 0.356 e. The molecule has 2 aromatic heterocycles. The largest absolute Gasteiger partial charge is 0.476 e. The quantitative estimate of drug-likeness (QED) is 0.718. The van der Waals surface area contributed by atoms with Gasteiger partial charge < -0.3 is 10.4 Å². The van der Waals surface area contributed by atoms with E-state index >= 15 is 0 Å². The Morgan fingerprint density at radius 3 is 2.88 bits per heavy atom. The highest BCUT2D eigenvalue weighted by Crippen LogP contribution is 2.15. The number of aromatic nitrogens is 3. The third-order valence-corrected chi connectivity index (χ3v) is 3.93. The number of nitrogens with zero attached hydrogens (tertiary/aromatic N) is 3. The number of rotatable bonds is 6. The molecule has 0 bridgehead atoms. The van der Waals surface area contributed by atoms with Gasteiger partial charge in [-0.1, -0.05) is 6.07 Å². The molecule has 0 saturated carbocycles. The Morgan fingerprint density at radius 1 is 1.29 bits per heavy atom. The van der Waals surface area contributed by atoms with E-state index in [1.807, 2.05) is 5.38 Å². The van der Waals surface area contributed by atoms with E-state index in [0.29, 0.717) is 24.2 Å². The monoisotopic (exact) mass is 342 g/mol. The number of carboxylic acid groups (broad SMARTS) is 1. The zero-order chi connectivity index (χ0) is 16.9. The minimum absolute atomic E-state index is 0.0345. The summed E-state index contributed by atoms with van der Waals surface area (Å²) in [6.07, 6.45) is 2.50. The van der Waals surface area contributed by atoms with E-state index in [1.54, 1.807) is 36.0 Å². The van der Waals surface area contributed by atoms with Gasteiger partial charge in [0.1, 0.15) is 0 Å². The minimum atomic E-state index is -1.08. The van der Waals surface area contributed by atoms with Gasteiger partial charge >= 0.3 is 5.97 Å². The molecule has 0 radical (unpaired) electrons. The van der Waals surface area contributed by atoms with E-state index in [9.17, 15) is 9.59 Å². The van der Waals surface area contributed by atoms with Crippen molar-refractivity contribution in [1.29, 1.82) is 0 Å². The van der Waals surface area contributed by atoms with Gasteiger partial charge in [-0.3, -0.25) is 4.79 Å². The Labute approximate surface area is 141 Å². The Bertz CT molecular complexity index is 858. The van der Waals surface area contributed by atoms with Crippen molar-refractivity contribution < 1.29 is 14.7 Å². The van der Waals surface area contributed by atoms with Crippen LogP contribution in [0.4, 0.5) is 5.69 Å². The van der Waals surface area contributed by atoms with Crippen molar-refractivity contribution in [3.63, 3.8) is 0 Å². The van der Waals surface area contributed by atoms with Gasteiger partial charge in [0, 0.05) is 23.7 Å². The Kier molecular flexibility index (Phi) is 4.66. The number of carbonyl (C=O) groups excluding carboxylic acids is 1. The number of aryl methyl sites for hydroxylation is 1. The summed E-state index contributed by atoms with van der Waals surface area (Å²) in [4.78, 5) is 27.0. The van der Waals surface area contributed by atoms with Crippen molar-refractivity contribution in [3.05, 3.63) is 58.8 Å². The number of benzene rings is 1. The number of hydrogen-bond donors (Lipinski definition) is 2. The van der Waals surface area contributed by atoms with Gasteiger partial charge in [-0.05, 0) is 30.7 Å². The molecular weight excluding hydrogens is 328 g/mol. The molecule has 2 N–H and O–H groups in total. The number of nitrogens with one attached hydrogen (secondary N) is 1. The van der Waals surface area contributed by atoms with Gasteiger partial charge in [0.15, 0.2) is 5.69 Å². The zero-order valence-corrected chi connectivity index (χ0v) is 13.4. The van der Waals surface area contributed by atoms with Crippen LogP contribution in [0.1, 0.15) is 22.6 Å². The lowest BCUT2D eigenvalue weighted by Crippen LogP contribution is -2.12. The number of anilines is 1. The van der Waals surface area contributed by atoms with Gasteiger partial charge in [0.05, 0.1) is 16.9 Å². The van der Waals surface area contributed by atoms with Crippen LogP contribution in [0, 0.1) is 0 Å². The lowest BCUT2D eigenvalue weighted by atomic mass is 10.2. The van der Waals surface area contributed by atoms with Crippen LogP contribution in [0.15, 0.2) is 47.4 Å². The van der Waals surface area contributed by atoms with Gasteiger partial charge in [0.2, 0.25) is 5.91 Å². The van der Waals surface area contributed by atoms with Crippen LogP contribution < -0.4 is 5.32 Å². The third-order valence-electron chi connectivity index (χ3n) is 3.29. The molecule has 0 fully saturated rings. The van der Waals surface area contributed by atoms with Crippen LogP contribution in [0.5, 0.6) is 0 Å². The van der Waals surface area contributed by atoms with Gasteiger partial charge in [-0.25, -0.2) is 14.5 Å². The van der Waals surface area contributed by atoms with Crippen LogP contribution >= 0.6 is 11.3 Å². The van der Waals surface area contributed by atoms with Crippen LogP contribution in [0.25, 0.3) is 5.69 Å². The highest BCUT2D eigenvalue weighted by Gasteiger charge is 2.09. The molecule has 2 heterocycles. The summed E-state index contributed by atoms with van der Waals surface area (Å²) >= 11 is 1.50. The summed E-state index contributed by atoms with van der Waals surface area (Å²) in [6.45, 7) is 0. The molecule has 3 rings (SSSR count). The lowest BCUT2D eigenvalue weighted by Gasteiger charge is -2.07. The normalized spacial score (nSPS) is 10.5. The second-order valence-electron chi connectivity index (χ2n) is 5.03. The predicted molar refractivity (Wildman–Crippen MR) is 89.6 cm³/mol. The van der Waals surface area contributed by atoms with Crippen molar-refractivity contribution in [2.75, 3.05) is 5.32 Å². The SMILES string of the molecule is O=C(CCc1cscn1)Nc1cccc(-n2ccc(C(=O)O)n2)c1. The average Bonchev–Trinajstić information content (AvgIpc) is 3.25. The fourth-order valence-corrected chi connectivity index (χ4v) is 2.73. The summed E-state index contributed by atoms with van der Waals surface area (Å²) in [5.41, 5.74) is 3.91. The molecule has 0 saturated heterocycles. The molecule has 122 valence electrons. The van der Waals surface area contributed by atoms with E-state index in [0.717, 1.165) is 5.69 Å². The highest BCUT2D eigenvalue weighted by atomic mass is 32.1. The molecule has 7 nitrogen and oxygen atoms in total. The van der Waals surface area contributed by atoms with Crippen LogP contribution in [-0.2, 0) is 11.2 Å². The summed E-state index contributed by atoms with van der Waals surface area (Å²) < 4.78 is 1.45. The molecule has 0 spiro atoms. The van der Waals surface area contributed by atoms with Crippen molar-refractivity contribution in [2.45, 2.75) is 12.8 Å². The first-order chi connectivity index (χ1) is 11.6. The van der Waals surface area contributed by atoms with E-state index < -0.39 is 5.97 Å².